The number of rotatable bonds is 1. The molecule has 7 heavy (non-hydrogen) atoms. The minimum absolute atomic E-state index is 0.852. The van der Waals surface area contributed by atoms with Gasteiger partial charge in [-0.3, -0.25) is 0 Å². The second kappa shape index (κ2) is 2.23. The summed E-state index contributed by atoms with van der Waals surface area (Å²) in [7, 11) is -0.852. The molecule has 0 saturated carbocycles. The largest absolute Gasteiger partial charge is 0.187 e. The molecule has 2 heteroatoms. The van der Waals surface area contributed by atoms with Gasteiger partial charge in [0.25, 0.3) is 0 Å². The summed E-state index contributed by atoms with van der Waals surface area (Å²) in [6.45, 7) is 2.05. The molecular formula is C5H11NS. The minimum Gasteiger partial charge on any atom is -0.187 e. The van der Waals surface area contributed by atoms with Gasteiger partial charge >= 0.3 is 0 Å². The zero-order valence-electron chi connectivity index (χ0n) is 5.06. The first-order valence-corrected chi connectivity index (χ1v) is 4.86. The Hall–Kier alpha value is -0.160. The second-order valence-corrected chi connectivity index (χ2v) is 5.75. The van der Waals surface area contributed by atoms with Crippen LogP contribution in [-0.4, -0.2) is 18.3 Å². The van der Waals surface area contributed by atoms with E-state index in [1.54, 1.807) is 0 Å². The van der Waals surface area contributed by atoms with Crippen LogP contribution in [0.5, 0.6) is 0 Å². The van der Waals surface area contributed by atoms with Crippen molar-refractivity contribution in [2.75, 3.05) is 18.3 Å². The average Bonchev–Trinajstić information content (AvgIpc) is 1.68. The maximum Gasteiger partial charge on any atom is 0.112 e. The van der Waals surface area contributed by atoms with E-state index < -0.39 is 10.0 Å². The molecule has 0 bridgehead atoms. The molecule has 0 spiro atoms. The Morgan fingerprint density at radius 3 is 2.00 bits per heavy atom. The Kier molecular flexibility index (Phi) is 2.17. The van der Waals surface area contributed by atoms with Crippen molar-refractivity contribution in [3.8, 4) is 5.40 Å². The second-order valence-electron chi connectivity index (χ2n) is 1.92. The zero-order chi connectivity index (χ0) is 5.91. The van der Waals surface area contributed by atoms with E-state index in [4.69, 9.17) is 5.26 Å². The Balaban J connectivity index is 3.66. The monoisotopic (exact) mass is 117 g/mol. The van der Waals surface area contributed by atoms with Crippen LogP contribution in [0.2, 0.25) is 0 Å². The summed E-state index contributed by atoms with van der Waals surface area (Å²) in [6, 6.07) is 0. The molecule has 0 rings (SSSR count). The van der Waals surface area contributed by atoms with Gasteiger partial charge in [0.15, 0.2) is 0 Å². The summed E-state index contributed by atoms with van der Waals surface area (Å²) in [5.74, 6) is 1.02. The molecule has 0 unspecified atom stereocenters. The van der Waals surface area contributed by atoms with Crippen LogP contribution < -0.4 is 0 Å². The summed E-state index contributed by atoms with van der Waals surface area (Å²) in [6.07, 6.45) is 4.04. The number of hydrogen-bond acceptors (Lipinski definition) is 1. The molecule has 0 fully saturated rings. The molecule has 0 aliphatic rings. The predicted molar refractivity (Wildman–Crippen MR) is 35.6 cm³/mol. The standard InChI is InChI=1S/C5H11NS/c1-4-7(2,3)5-6/h4H2,1-3H3. The highest BCUT2D eigenvalue weighted by Crippen LogP contribution is 2.36. The maximum absolute atomic E-state index is 8.38. The van der Waals surface area contributed by atoms with Gasteiger partial charge in [-0.2, -0.15) is 15.3 Å². The molecule has 0 aromatic heterocycles. The molecule has 0 aromatic carbocycles. The van der Waals surface area contributed by atoms with E-state index in [0.717, 1.165) is 5.75 Å². The van der Waals surface area contributed by atoms with Crippen molar-refractivity contribution in [2.24, 2.45) is 0 Å². The lowest BCUT2D eigenvalue weighted by molar-refractivity contribution is 1.49. The molecule has 0 amide bonds. The van der Waals surface area contributed by atoms with Crippen molar-refractivity contribution < 1.29 is 0 Å². The van der Waals surface area contributed by atoms with E-state index >= 15 is 0 Å². The molecular weight excluding hydrogens is 106 g/mol. The Bertz CT molecular complexity index is 90.7. The van der Waals surface area contributed by atoms with Crippen LogP contribution in [0.4, 0.5) is 0 Å². The van der Waals surface area contributed by atoms with Crippen LogP contribution in [0.3, 0.4) is 0 Å². The van der Waals surface area contributed by atoms with Gasteiger partial charge in [-0.15, -0.1) is 0 Å². The number of thiocyanates is 1. The van der Waals surface area contributed by atoms with E-state index in [1.807, 2.05) is 12.5 Å². The third kappa shape index (κ3) is 2.52. The third-order valence-corrected chi connectivity index (χ3v) is 2.91. The summed E-state index contributed by atoms with van der Waals surface area (Å²) >= 11 is 0. The van der Waals surface area contributed by atoms with Gasteiger partial charge < -0.3 is 0 Å². The van der Waals surface area contributed by atoms with Crippen LogP contribution >= 0.6 is 10.0 Å². The van der Waals surface area contributed by atoms with Crippen LogP contribution in [0.25, 0.3) is 0 Å². The van der Waals surface area contributed by atoms with Crippen molar-refractivity contribution in [2.45, 2.75) is 6.92 Å². The SMILES string of the molecule is CCS(C)(C)C#N. The lowest BCUT2D eigenvalue weighted by Gasteiger charge is -2.16. The fourth-order valence-electron chi connectivity index (χ4n) is 0.0645. The average molecular weight is 117 g/mol. The lowest BCUT2D eigenvalue weighted by atomic mass is 11.0. The zero-order valence-corrected chi connectivity index (χ0v) is 5.88. The highest BCUT2D eigenvalue weighted by molar-refractivity contribution is 8.36. The molecule has 42 valence electrons. The van der Waals surface area contributed by atoms with E-state index in [-0.39, 0.29) is 0 Å². The summed E-state index contributed by atoms with van der Waals surface area (Å²) in [5.41, 5.74) is 0. The summed E-state index contributed by atoms with van der Waals surface area (Å²) in [4.78, 5) is 0. The van der Waals surface area contributed by atoms with E-state index in [2.05, 4.69) is 12.3 Å². The number of nitrogens with zero attached hydrogens (tertiary/aromatic N) is 1. The quantitative estimate of drug-likeness (QED) is 0.478. The Labute approximate surface area is 46.7 Å². The molecule has 0 heterocycles. The van der Waals surface area contributed by atoms with Gasteiger partial charge in [-0.1, -0.05) is 6.92 Å². The van der Waals surface area contributed by atoms with Gasteiger partial charge in [-0.25, -0.2) is 0 Å². The molecule has 0 aliphatic heterocycles. The number of nitriles is 1. The normalized spacial score (nSPS) is 12.9. The van der Waals surface area contributed by atoms with E-state index in [1.165, 1.54) is 0 Å². The third-order valence-electron chi connectivity index (χ3n) is 0.969. The van der Waals surface area contributed by atoms with Crippen LogP contribution in [-0.2, 0) is 0 Å². The number of hydrogen-bond donors (Lipinski definition) is 0. The van der Waals surface area contributed by atoms with Gasteiger partial charge in [0.05, 0.1) is 0 Å². The van der Waals surface area contributed by atoms with Crippen molar-refractivity contribution in [1.29, 1.82) is 5.26 Å². The van der Waals surface area contributed by atoms with E-state index in [0.29, 0.717) is 0 Å². The first-order valence-electron chi connectivity index (χ1n) is 2.24. The minimum atomic E-state index is -0.852. The predicted octanol–water partition coefficient (Wildman–Crippen LogP) is 1.55. The Morgan fingerprint density at radius 1 is 1.57 bits per heavy atom. The molecule has 0 atom stereocenters. The highest BCUT2D eigenvalue weighted by Gasteiger charge is 2.03. The topological polar surface area (TPSA) is 23.8 Å². The molecule has 0 aromatic rings. The molecule has 0 N–H and O–H groups in total. The summed E-state index contributed by atoms with van der Waals surface area (Å²) in [5, 5.41) is 10.7. The van der Waals surface area contributed by atoms with Crippen LogP contribution in [0, 0.1) is 10.7 Å². The van der Waals surface area contributed by atoms with Gasteiger partial charge in [0.1, 0.15) is 5.40 Å². The molecule has 0 radical (unpaired) electrons. The van der Waals surface area contributed by atoms with Crippen molar-refractivity contribution in [3.63, 3.8) is 0 Å². The maximum atomic E-state index is 8.38. The van der Waals surface area contributed by atoms with Crippen LogP contribution in [0.15, 0.2) is 0 Å². The smallest absolute Gasteiger partial charge is 0.112 e. The fraction of sp³-hybridized carbons (Fsp3) is 0.800. The van der Waals surface area contributed by atoms with Crippen molar-refractivity contribution in [1.82, 2.24) is 0 Å². The first-order chi connectivity index (χ1) is 3.12. The molecule has 0 saturated heterocycles. The van der Waals surface area contributed by atoms with E-state index in [9.17, 15) is 0 Å². The molecule has 0 aliphatic carbocycles. The van der Waals surface area contributed by atoms with Crippen molar-refractivity contribution >= 4 is 10.0 Å². The van der Waals surface area contributed by atoms with Gasteiger partial charge in [0, 0.05) is 0 Å². The highest BCUT2D eigenvalue weighted by atomic mass is 32.3. The molecule has 1 nitrogen and oxygen atoms in total. The lowest BCUT2D eigenvalue weighted by Crippen LogP contribution is -1.91. The summed E-state index contributed by atoms with van der Waals surface area (Å²) < 4.78 is 0. The van der Waals surface area contributed by atoms with Crippen LogP contribution in [0.1, 0.15) is 6.92 Å². The fourth-order valence-corrected chi connectivity index (χ4v) is 0.194. The van der Waals surface area contributed by atoms with Gasteiger partial charge in [0.2, 0.25) is 0 Å². The van der Waals surface area contributed by atoms with Gasteiger partial charge in [-0.05, 0) is 18.3 Å². The Morgan fingerprint density at radius 2 is 2.00 bits per heavy atom. The first kappa shape index (κ1) is 6.84. The van der Waals surface area contributed by atoms with Crippen molar-refractivity contribution in [3.05, 3.63) is 0 Å².